The van der Waals surface area contributed by atoms with Crippen molar-refractivity contribution in [3.8, 4) is 11.5 Å². The summed E-state index contributed by atoms with van der Waals surface area (Å²) in [6.45, 7) is 14.2. The number of hydrogen-bond donors (Lipinski definition) is 6. The quantitative estimate of drug-likeness (QED) is 0.0605. The number of likely N-dealkylation sites (N-methyl/N-ethyl adjacent to an activating group) is 1. The van der Waals surface area contributed by atoms with E-state index in [4.69, 9.17) is 32.7 Å². The molecule has 6 N–H and O–H groups in total. The maximum atomic E-state index is 12.2. The van der Waals surface area contributed by atoms with Crippen LogP contribution in [0, 0.1) is 0 Å². The fourth-order valence-corrected chi connectivity index (χ4v) is 8.10. The molecule has 0 saturated carbocycles. The number of benzene rings is 4. The number of likely N-dealkylation sites (tertiary alicyclic amines) is 1. The van der Waals surface area contributed by atoms with E-state index in [1.165, 1.54) is 18.0 Å². The molecule has 0 spiro atoms. The lowest BCUT2D eigenvalue weighted by Gasteiger charge is -2.34. The van der Waals surface area contributed by atoms with Crippen LogP contribution < -0.4 is 46.3 Å². The first-order valence-electron chi connectivity index (χ1n) is 24.2. The lowest BCUT2D eigenvalue weighted by Crippen LogP contribution is -2.44. The van der Waals surface area contributed by atoms with Crippen molar-refractivity contribution < 1.29 is 19.1 Å². The van der Waals surface area contributed by atoms with Crippen molar-refractivity contribution >= 4 is 87.0 Å². The van der Waals surface area contributed by atoms with Crippen LogP contribution in [0.5, 0.6) is 11.5 Å². The Kier molecular flexibility index (Phi) is 23.7. The van der Waals surface area contributed by atoms with Gasteiger partial charge in [-0.3, -0.25) is 9.59 Å². The van der Waals surface area contributed by atoms with Gasteiger partial charge in [-0.15, -0.1) is 0 Å². The largest absolute Gasteiger partial charge is 0.495 e. The molecular weight excluding hydrogens is 966 g/mol. The maximum absolute atomic E-state index is 12.2. The number of carbonyl (C=O) groups excluding carboxylic acids is 2. The molecule has 0 unspecified atom stereocenters. The zero-order valence-electron chi connectivity index (χ0n) is 43.0. The highest BCUT2D eigenvalue weighted by Gasteiger charge is 2.21. The van der Waals surface area contributed by atoms with Crippen molar-refractivity contribution in [2.45, 2.75) is 53.9 Å². The Morgan fingerprint density at radius 2 is 1.01 bits per heavy atom. The van der Waals surface area contributed by atoms with Gasteiger partial charge in [0.15, 0.2) is 11.6 Å². The van der Waals surface area contributed by atoms with E-state index in [1.807, 2.05) is 58.0 Å². The van der Waals surface area contributed by atoms with Gasteiger partial charge in [-0.25, -0.2) is 9.97 Å². The average molecular weight is 1040 g/mol. The standard InChI is InChI=1S/C25H29ClN6O2.C24H28ClN7O2.2C2H6.CH4/c1-27-24(33)18-6-4-5-7-20(18)29-23-19(26)15-28-25(31-23)30-21-9-8-17(14-22(21)34-3)16-10-12-32(2)13-11-16;1-26-23(33)17-6-4-5-7-19(17)28-22-18(25)15-27-24(30-22)29-20-9-8-16(14-21(20)34-3)32-12-10-31(2)11-13-32;2*1-2;/h4-9,14-16H,10-13H2,1-3H3,(H,27,33)(H2,28,29,30,31);4-9,14-15H,10-13H2,1-3H3,(H,26,33)(H2,27,28,29,30);2*1-2H3;1H4. The molecule has 2 aliphatic rings. The van der Waals surface area contributed by atoms with Gasteiger partial charge in [-0.1, -0.05) is 88.7 Å². The Hall–Kier alpha value is -6.92. The van der Waals surface area contributed by atoms with Crippen molar-refractivity contribution in [3.63, 3.8) is 0 Å². The van der Waals surface area contributed by atoms with E-state index in [9.17, 15) is 9.59 Å². The smallest absolute Gasteiger partial charge is 0.253 e. The number of methoxy groups -OCH3 is 2. The predicted molar refractivity (Wildman–Crippen MR) is 301 cm³/mol. The number of para-hydroxylation sites is 2. The zero-order chi connectivity index (χ0) is 52.2. The molecule has 17 nitrogen and oxygen atoms in total. The molecule has 2 aliphatic heterocycles. The first-order valence-corrected chi connectivity index (χ1v) is 25.0. The van der Waals surface area contributed by atoms with Crippen molar-refractivity contribution in [2.75, 3.05) is 108 Å². The van der Waals surface area contributed by atoms with Gasteiger partial charge in [-0.2, -0.15) is 9.97 Å². The van der Waals surface area contributed by atoms with E-state index in [1.54, 1.807) is 64.7 Å². The third kappa shape index (κ3) is 16.0. The molecule has 0 bridgehead atoms. The topological polar surface area (TPSA) is 186 Å². The lowest BCUT2D eigenvalue weighted by molar-refractivity contribution is 0.0956. The minimum Gasteiger partial charge on any atom is -0.495 e. The summed E-state index contributed by atoms with van der Waals surface area (Å²) in [6, 6.07) is 26.5. The highest BCUT2D eigenvalue weighted by atomic mass is 35.5. The van der Waals surface area contributed by atoms with Crippen LogP contribution >= 0.6 is 23.2 Å². The molecule has 4 heterocycles. The Bertz CT molecular complexity index is 2510. The number of anilines is 9. The fraction of sp³-hybridized carbons (Fsp3) is 0.370. The van der Waals surface area contributed by atoms with Crippen molar-refractivity contribution in [3.05, 3.63) is 124 Å². The molecule has 392 valence electrons. The van der Waals surface area contributed by atoms with Gasteiger partial charge in [0.05, 0.1) is 60.5 Å². The van der Waals surface area contributed by atoms with Crippen LogP contribution in [0.25, 0.3) is 0 Å². The third-order valence-electron chi connectivity index (χ3n) is 11.8. The molecule has 8 rings (SSSR count). The van der Waals surface area contributed by atoms with Crippen LogP contribution in [0.4, 0.5) is 52.0 Å². The summed E-state index contributed by atoms with van der Waals surface area (Å²) in [4.78, 5) is 49.1. The average Bonchev–Trinajstić information content (AvgIpc) is 3.42. The fourth-order valence-electron chi connectivity index (χ4n) is 7.83. The summed E-state index contributed by atoms with van der Waals surface area (Å²) in [5, 5.41) is 18.7. The number of piperidine rings is 1. The Balaban J connectivity index is 0.000000293. The molecule has 4 aromatic carbocycles. The van der Waals surface area contributed by atoms with Gasteiger partial charge < -0.3 is 56.1 Å². The van der Waals surface area contributed by atoms with Crippen LogP contribution in [-0.4, -0.2) is 123 Å². The maximum Gasteiger partial charge on any atom is 0.253 e. The molecule has 73 heavy (non-hydrogen) atoms. The van der Waals surface area contributed by atoms with Gasteiger partial charge in [0, 0.05) is 52.0 Å². The van der Waals surface area contributed by atoms with E-state index in [2.05, 4.69) is 98.8 Å². The normalized spacial score (nSPS) is 13.4. The second-order valence-corrected chi connectivity index (χ2v) is 17.1. The number of nitrogens with zero attached hydrogens (tertiary/aromatic N) is 7. The van der Waals surface area contributed by atoms with Crippen molar-refractivity contribution in [2.24, 2.45) is 0 Å². The number of ether oxygens (including phenoxy) is 2. The van der Waals surface area contributed by atoms with Gasteiger partial charge in [0.1, 0.15) is 21.5 Å². The van der Waals surface area contributed by atoms with Crippen molar-refractivity contribution in [1.82, 2.24) is 40.4 Å². The zero-order valence-corrected chi connectivity index (χ0v) is 44.5. The van der Waals surface area contributed by atoms with Crippen LogP contribution in [0.1, 0.15) is 80.2 Å². The van der Waals surface area contributed by atoms with Gasteiger partial charge >= 0.3 is 0 Å². The summed E-state index contributed by atoms with van der Waals surface area (Å²) in [5.41, 5.74) is 6.03. The molecule has 2 fully saturated rings. The first kappa shape index (κ1) is 58.6. The predicted octanol–water partition coefficient (Wildman–Crippen LogP) is 11.2. The first-order chi connectivity index (χ1) is 35.0. The number of amides is 2. The van der Waals surface area contributed by atoms with E-state index < -0.39 is 0 Å². The second kappa shape index (κ2) is 29.6. The second-order valence-electron chi connectivity index (χ2n) is 16.2. The van der Waals surface area contributed by atoms with Crippen LogP contribution in [0.2, 0.25) is 10.0 Å². The number of piperazine rings is 1. The molecule has 19 heteroatoms. The van der Waals surface area contributed by atoms with Gasteiger partial charge in [0.25, 0.3) is 11.8 Å². The minimum atomic E-state index is -0.211. The Labute approximate surface area is 441 Å². The number of hydrogen-bond acceptors (Lipinski definition) is 15. The summed E-state index contributed by atoms with van der Waals surface area (Å²) in [5.74, 6) is 2.99. The molecule has 2 saturated heterocycles. The molecule has 0 aliphatic carbocycles. The number of carbonyl (C=O) groups is 2. The molecule has 2 aromatic heterocycles. The van der Waals surface area contributed by atoms with Gasteiger partial charge in [-0.05, 0) is 100 Å². The minimum absolute atomic E-state index is 0. The third-order valence-corrected chi connectivity index (χ3v) is 12.3. The van der Waals surface area contributed by atoms with E-state index in [0.717, 1.165) is 74.9 Å². The summed E-state index contributed by atoms with van der Waals surface area (Å²) < 4.78 is 11.3. The highest BCUT2D eigenvalue weighted by Crippen LogP contribution is 2.36. The Morgan fingerprint density at radius 1 is 0.575 bits per heavy atom. The van der Waals surface area contributed by atoms with Crippen LogP contribution in [0.3, 0.4) is 0 Å². The molecule has 0 atom stereocenters. The van der Waals surface area contributed by atoms with Crippen LogP contribution in [0.15, 0.2) is 97.3 Å². The molecule has 2 amide bonds. The number of nitrogens with one attached hydrogen (secondary N) is 6. The summed E-state index contributed by atoms with van der Waals surface area (Å²) >= 11 is 12.7. The van der Waals surface area contributed by atoms with E-state index in [0.29, 0.717) is 67.7 Å². The van der Waals surface area contributed by atoms with Crippen molar-refractivity contribution in [1.29, 1.82) is 0 Å². The molecule has 0 radical (unpaired) electrons. The SMILES string of the molecule is C.CC.CC.CNC(=O)c1ccccc1Nc1nc(Nc2ccc(C3CCN(C)CC3)cc2OC)ncc1Cl.CNC(=O)c1ccccc1Nc1nc(Nc2ccc(N3CCN(C)CC3)cc2OC)ncc1Cl. The van der Waals surface area contributed by atoms with Gasteiger partial charge in [0.2, 0.25) is 11.9 Å². The van der Waals surface area contributed by atoms with E-state index >= 15 is 0 Å². The number of aromatic nitrogens is 4. The summed E-state index contributed by atoms with van der Waals surface area (Å²) in [6.07, 6.45) is 5.30. The number of rotatable bonds is 14. The molecule has 6 aromatic rings. The monoisotopic (exact) mass is 1040 g/mol. The number of halogens is 2. The van der Waals surface area contributed by atoms with Crippen LogP contribution in [-0.2, 0) is 0 Å². The highest BCUT2D eigenvalue weighted by molar-refractivity contribution is 6.33. The molecular formula is C54H73Cl2N13O4. The summed E-state index contributed by atoms with van der Waals surface area (Å²) in [7, 11) is 10.8. The Morgan fingerprint density at radius 3 is 1.48 bits per heavy atom. The lowest BCUT2D eigenvalue weighted by atomic mass is 9.89. The van der Waals surface area contributed by atoms with E-state index in [-0.39, 0.29) is 19.2 Å².